The van der Waals surface area contributed by atoms with Gasteiger partial charge in [0.1, 0.15) is 5.78 Å². The summed E-state index contributed by atoms with van der Waals surface area (Å²) >= 11 is 0. The van der Waals surface area contributed by atoms with E-state index in [1.165, 1.54) is 0 Å². The Morgan fingerprint density at radius 1 is 0.929 bits per heavy atom. The SMILES string of the molecule is CC(C)COCCOCCOCCOCCn1cc(CCC(=O)C(C)C)nn1. The highest BCUT2D eigenvalue weighted by molar-refractivity contribution is 5.80. The summed E-state index contributed by atoms with van der Waals surface area (Å²) in [5.74, 6) is 0.874. The Morgan fingerprint density at radius 3 is 2.07 bits per heavy atom. The van der Waals surface area contributed by atoms with Gasteiger partial charge in [0.2, 0.25) is 0 Å². The van der Waals surface area contributed by atoms with Crippen molar-refractivity contribution in [1.82, 2.24) is 15.0 Å². The second-order valence-corrected chi connectivity index (χ2v) is 7.40. The summed E-state index contributed by atoms with van der Waals surface area (Å²) in [6, 6.07) is 0. The molecule has 1 heterocycles. The highest BCUT2D eigenvalue weighted by Gasteiger charge is 2.09. The summed E-state index contributed by atoms with van der Waals surface area (Å²) in [6.07, 6.45) is 3.02. The molecule has 0 aliphatic rings. The number of Topliss-reactive ketones (excluding diaryl/α,β-unsaturated/α-hetero) is 1. The lowest BCUT2D eigenvalue weighted by molar-refractivity contribution is -0.121. The largest absolute Gasteiger partial charge is 0.379 e. The zero-order chi connectivity index (χ0) is 20.6. The van der Waals surface area contributed by atoms with Crippen LogP contribution >= 0.6 is 0 Å². The molecule has 0 saturated heterocycles. The Bertz CT molecular complexity index is 520. The summed E-state index contributed by atoms with van der Waals surface area (Å²) in [4.78, 5) is 11.6. The normalized spacial score (nSPS) is 11.6. The van der Waals surface area contributed by atoms with Crippen molar-refractivity contribution in [2.45, 2.75) is 47.1 Å². The lowest BCUT2D eigenvalue weighted by atomic mass is 10.0. The molecule has 0 atom stereocenters. The van der Waals surface area contributed by atoms with E-state index in [-0.39, 0.29) is 11.7 Å². The first-order chi connectivity index (χ1) is 13.5. The Kier molecular flexibility index (Phi) is 13.7. The van der Waals surface area contributed by atoms with Crippen LogP contribution in [0, 0.1) is 11.8 Å². The number of rotatable bonds is 18. The Hall–Kier alpha value is -1.35. The lowest BCUT2D eigenvalue weighted by Crippen LogP contribution is -2.14. The average Bonchev–Trinajstić information content (AvgIpc) is 3.11. The number of carbonyl (C=O) groups is 1. The fraction of sp³-hybridized carbons (Fsp3) is 0.850. The Morgan fingerprint density at radius 2 is 1.50 bits per heavy atom. The van der Waals surface area contributed by atoms with Gasteiger partial charge in [-0.05, 0) is 5.92 Å². The molecule has 28 heavy (non-hydrogen) atoms. The number of hydrogen-bond acceptors (Lipinski definition) is 7. The van der Waals surface area contributed by atoms with E-state index < -0.39 is 0 Å². The maximum Gasteiger partial charge on any atom is 0.135 e. The van der Waals surface area contributed by atoms with Crippen LogP contribution in [0.5, 0.6) is 0 Å². The number of carbonyl (C=O) groups excluding carboxylic acids is 1. The van der Waals surface area contributed by atoms with Gasteiger partial charge < -0.3 is 18.9 Å². The summed E-state index contributed by atoms with van der Waals surface area (Å²) in [5.41, 5.74) is 0.840. The van der Waals surface area contributed by atoms with Crippen LogP contribution in [-0.2, 0) is 36.7 Å². The summed E-state index contributed by atoms with van der Waals surface area (Å²) in [6.45, 7) is 13.4. The molecule has 0 N–H and O–H groups in total. The minimum Gasteiger partial charge on any atom is -0.379 e. The molecule has 162 valence electrons. The number of ether oxygens (including phenoxy) is 4. The van der Waals surface area contributed by atoms with Crippen LogP contribution in [-0.4, -0.2) is 73.6 Å². The molecule has 0 aliphatic carbocycles. The van der Waals surface area contributed by atoms with Crippen LogP contribution in [0.1, 0.15) is 39.8 Å². The smallest absolute Gasteiger partial charge is 0.135 e. The summed E-state index contributed by atoms with van der Waals surface area (Å²) in [5, 5.41) is 8.14. The van der Waals surface area contributed by atoms with Crippen LogP contribution in [0.25, 0.3) is 0 Å². The molecule has 0 spiro atoms. The van der Waals surface area contributed by atoms with E-state index in [9.17, 15) is 4.79 Å². The fourth-order valence-corrected chi connectivity index (χ4v) is 2.24. The van der Waals surface area contributed by atoms with Gasteiger partial charge in [0, 0.05) is 31.6 Å². The maximum absolute atomic E-state index is 11.6. The van der Waals surface area contributed by atoms with E-state index in [1.54, 1.807) is 4.68 Å². The van der Waals surface area contributed by atoms with Crippen LogP contribution in [0.2, 0.25) is 0 Å². The number of aromatic nitrogens is 3. The van der Waals surface area contributed by atoms with Crippen molar-refractivity contribution < 1.29 is 23.7 Å². The quantitative estimate of drug-likeness (QED) is 0.350. The molecule has 0 aliphatic heterocycles. The molecular weight excluding hydrogens is 362 g/mol. The topological polar surface area (TPSA) is 84.7 Å². The summed E-state index contributed by atoms with van der Waals surface area (Å²) < 4.78 is 23.6. The van der Waals surface area contributed by atoms with Crippen LogP contribution in [0.15, 0.2) is 6.20 Å². The third-order valence-corrected chi connectivity index (χ3v) is 3.89. The van der Waals surface area contributed by atoms with Crippen molar-refractivity contribution in [1.29, 1.82) is 0 Å². The van der Waals surface area contributed by atoms with Gasteiger partial charge in [-0.2, -0.15) is 0 Å². The number of aryl methyl sites for hydroxylation is 1. The minimum atomic E-state index is 0.0703. The highest BCUT2D eigenvalue weighted by Crippen LogP contribution is 2.04. The van der Waals surface area contributed by atoms with Crippen molar-refractivity contribution >= 4 is 5.78 Å². The molecule has 1 rings (SSSR count). The Labute approximate surface area is 168 Å². The number of hydrogen-bond donors (Lipinski definition) is 0. The molecule has 0 fully saturated rings. The molecule has 0 unspecified atom stereocenters. The van der Waals surface area contributed by atoms with Crippen LogP contribution < -0.4 is 0 Å². The molecule has 8 heteroatoms. The van der Waals surface area contributed by atoms with Gasteiger partial charge in [0.25, 0.3) is 0 Å². The number of ketones is 1. The van der Waals surface area contributed by atoms with Crippen LogP contribution in [0.3, 0.4) is 0 Å². The number of nitrogens with zero attached hydrogens (tertiary/aromatic N) is 3. The molecule has 1 aromatic rings. The first-order valence-corrected chi connectivity index (χ1v) is 10.2. The van der Waals surface area contributed by atoms with E-state index in [2.05, 4.69) is 24.2 Å². The molecule has 0 amide bonds. The molecule has 0 saturated carbocycles. The van der Waals surface area contributed by atoms with E-state index in [0.29, 0.717) is 71.6 Å². The molecule has 8 nitrogen and oxygen atoms in total. The van der Waals surface area contributed by atoms with Crippen molar-refractivity contribution in [2.24, 2.45) is 11.8 Å². The third kappa shape index (κ3) is 12.9. The van der Waals surface area contributed by atoms with Gasteiger partial charge in [-0.1, -0.05) is 32.9 Å². The predicted octanol–water partition coefficient (Wildman–Crippen LogP) is 2.16. The second kappa shape index (κ2) is 15.6. The van der Waals surface area contributed by atoms with Gasteiger partial charge in [-0.15, -0.1) is 5.10 Å². The van der Waals surface area contributed by atoms with E-state index in [4.69, 9.17) is 18.9 Å². The van der Waals surface area contributed by atoms with Gasteiger partial charge in [0.15, 0.2) is 0 Å². The standard InChI is InChI=1S/C20H37N3O5/c1-17(2)16-28-14-13-27-12-11-26-10-9-25-8-7-23-15-19(21-22-23)5-6-20(24)18(3)4/h15,17-18H,5-14,16H2,1-4H3. The maximum atomic E-state index is 11.6. The molecule has 0 bridgehead atoms. The molecule has 1 aromatic heterocycles. The third-order valence-electron chi connectivity index (χ3n) is 3.89. The van der Waals surface area contributed by atoms with Gasteiger partial charge >= 0.3 is 0 Å². The van der Waals surface area contributed by atoms with Crippen LogP contribution in [0.4, 0.5) is 0 Å². The van der Waals surface area contributed by atoms with Gasteiger partial charge in [0.05, 0.1) is 58.5 Å². The zero-order valence-corrected chi connectivity index (χ0v) is 17.9. The first-order valence-electron chi connectivity index (χ1n) is 10.2. The Balaban J connectivity index is 1.90. The van der Waals surface area contributed by atoms with Gasteiger partial charge in [-0.25, -0.2) is 4.68 Å². The minimum absolute atomic E-state index is 0.0703. The van der Waals surface area contributed by atoms with E-state index in [1.807, 2.05) is 20.0 Å². The van der Waals surface area contributed by atoms with E-state index in [0.717, 1.165) is 12.3 Å². The molecular formula is C20H37N3O5. The first kappa shape index (κ1) is 24.7. The van der Waals surface area contributed by atoms with Crippen molar-refractivity contribution in [3.05, 3.63) is 11.9 Å². The predicted molar refractivity (Wildman–Crippen MR) is 106 cm³/mol. The van der Waals surface area contributed by atoms with E-state index >= 15 is 0 Å². The second-order valence-electron chi connectivity index (χ2n) is 7.40. The molecule has 0 aromatic carbocycles. The van der Waals surface area contributed by atoms with Crippen molar-refractivity contribution in [3.8, 4) is 0 Å². The average molecular weight is 400 g/mol. The van der Waals surface area contributed by atoms with Crippen molar-refractivity contribution in [2.75, 3.05) is 52.9 Å². The fourth-order valence-electron chi connectivity index (χ4n) is 2.24. The van der Waals surface area contributed by atoms with Gasteiger partial charge in [-0.3, -0.25) is 4.79 Å². The van der Waals surface area contributed by atoms with Crippen molar-refractivity contribution in [3.63, 3.8) is 0 Å². The highest BCUT2D eigenvalue weighted by atomic mass is 16.6. The summed E-state index contributed by atoms with van der Waals surface area (Å²) in [7, 11) is 0. The monoisotopic (exact) mass is 399 g/mol. The lowest BCUT2D eigenvalue weighted by Gasteiger charge is -2.08. The molecule has 0 radical (unpaired) electrons. The zero-order valence-electron chi connectivity index (χ0n) is 17.9.